The van der Waals surface area contributed by atoms with Gasteiger partial charge in [0.05, 0.1) is 46.8 Å². The highest BCUT2D eigenvalue weighted by atomic mass is 32.2. The summed E-state index contributed by atoms with van der Waals surface area (Å²) in [5.74, 6) is -3.31. The average molecular weight is 1480 g/mol. The Kier molecular flexibility index (Phi) is 61.8. The van der Waals surface area contributed by atoms with Gasteiger partial charge in [0.2, 0.25) is 70.9 Å². The summed E-state index contributed by atoms with van der Waals surface area (Å²) in [4.78, 5) is 165. The van der Waals surface area contributed by atoms with Gasteiger partial charge in [0.1, 0.15) is 5.25 Å². The second kappa shape index (κ2) is 63.1. The molecule has 0 bridgehead atoms. The zero-order valence-corrected chi connectivity index (χ0v) is 62.0. The van der Waals surface area contributed by atoms with Crippen LogP contribution in [0.2, 0.25) is 0 Å². The molecule has 39 heteroatoms. The highest BCUT2D eigenvalue weighted by Gasteiger charge is 2.39. The van der Waals surface area contributed by atoms with Gasteiger partial charge >= 0.3 is 11.9 Å². The largest absolute Gasteiger partial charge is 0.481 e. The fourth-order valence-electron chi connectivity index (χ4n) is 7.66. The van der Waals surface area contributed by atoms with E-state index < -0.39 is 57.6 Å². The Morgan fingerprint density at radius 3 is 1.20 bits per heavy atom. The van der Waals surface area contributed by atoms with E-state index in [1.54, 1.807) is 70.7 Å². The summed E-state index contributed by atoms with van der Waals surface area (Å²) in [6.07, 6.45) is 2.71. The second-order valence-corrected chi connectivity index (χ2v) is 25.4. The van der Waals surface area contributed by atoms with E-state index in [9.17, 15) is 72.2 Å². The topological polar surface area (TPSA) is 488 Å². The first-order valence-corrected chi connectivity index (χ1v) is 35.9. The summed E-state index contributed by atoms with van der Waals surface area (Å²) in [7, 11) is 19.1. The third-order valence-electron chi connectivity index (χ3n) is 13.3. The van der Waals surface area contributed by atoms with Crippen LogP contribution in [-0.4, -0.2) is 324 Å². The van der Waals surface area contributed by atoms with Gasteiger partial charge in [0.15, 0.2) is 0 Å². The lowest BCUT2D eigenvalue weighted by Crippen LogP contribution is -2.44. The zero-order chi connectivity index (χ0) is 74.6. The first-order valence-electron chi connectivity index (χ1n) is 31.6. The van der Waals surface area contributed by atoms with Crippen LogP contribution in [-0.2, 0) is 86.1 Å². The Labute approximate surface area is 592 Å². The lowest BCUT2D eigenvalue weighted by Gasteiger charge is -2.18. The summed E-state index contributed by atoms with van der Waals surface area (Å²) in [6, 6.07) is -1.78. The van der Waals surface area contributed by atoms with Crippen molar-refractivity contribution in [1.29, 1.82) is 0 Å². The molecule has 1 fully saturated rings. The number of imide groups is 1. The van der Waals surface area contributed by atoms with E-state index in [2.05, 4.69) is 74.4 Å². The van der Waals surface area contributed by atoms with E-state index in [4.69, 9.17) is 24.1 Å². The number of ether oxygens (including phenoxy) is 4. The SMILES string of the molecule is CNC(=O)[C@H](CSC(CC(=O)NCCC(=O)NCCCOC)C(=O)O)NC.CNC(=O)[C@H](CSC(CC(=O)O)C(=O)NCCC(=O)NCCCOC)NC.CNC(=O)[C@H](CSC1CC(=O)N(CCC(=O)NCCCOC)C1=O)NC.CNC(=O)[C@H](CSCC(=O)NCCCOC)NC. The molecule has 0 aliphatic carbocycles. The molecule has 1 aliphatic heterocycles. The second-order valence-electron chi connectivity index (χ2n) is 20.7. The molecule has 12 amide bonds. The van der Waals surface area contributed by atoms with Crippen molar-refractivity contribution in [3.8, 4) is 0 Å². The molecule has 3 unspecified atom stereocenters. The van der Waals surface area contributed by atoms with E-state index >= 15 is 0 Å². The molecule has 0 saturated carbocycles. The maximum absolute atomic E-state index is 12.4. The van der Waals surface area contributed by atoms with Crippen molar-refractivity contribution in [2.75, 3.05) is 186 Å². The smallest absolute Gasteiger partial charge is 0.317 e. The normalized spacial score (nSPS) is 14.0. The van der Waals surface area contributed by atoms with E-state index in [1.165, 1.54) is 37.6 Å². The molecule has 16 N–H and O–H groups in total. The molecule has 7 atom stereocenters. The number of rotatable bonds is 52. The number of aliphatic carboxylic acids is 2. The molecule has 0 aromatic rings. The van der Waals surface area contributed by atoms with Gasteiger partial charge in [-0.2, -0.15) is 0 Å². The summed E-state index contributed by atoms with van der Waals surface area (Å²) < 4.78 is 19.5. The Hall–Kier alpha value is -6.14. The molecule has 1 aliphatic rings. The number of likely N-dealkylation sites (tertiary alicyclic amines) is 1. The summed E-state index contributed by atoms with van der Waals surface area (Å²) >= 11 is 4.81. The van der Waals surface area contributed by atoms with Crippen LogP contribution in [0.5, 0.6) is 0 Å². The van der Waals surface area contributed by atoms with Gasteiger partial charge in [0, 0.05) is 184 Å². The first-order chi connectivity index (χ1) is 46.8. The minimum atomic E-state index is -1.13. The molecular weight excluding hydrogens is 1370 g/mol. The number of amides is 12. The predicted molar refractivity (Wildman–Crippen MR) is 377 cm³/mol. The fraction of sp³-hybridized carbons (Fsp3) is 0.763. The lowest BCUT2D eigenvalue weighted by atomic mass is 10.3. The molecule has 0 radical (unpaired) electrons. The van der Waals surface area contributed by atoms with Gasteiger partial charge in [-0.25, -0.2) is 0 Å². The third-order valence-corrected chi connectivity index (χ3v) is 18.3. The van der Waals surface area contributed by atoms with Crippen molar-refractivity contribution in [3.63, 3.8) is 0 Å². The maximum Gasteiger partial charge on any atom is 0.317 e. The van der Waals surface area contributed by atoms with Gasteiger partial charge in [-0.05, 0) is 53.9 Å². The molecule has 1 saturated heterocycles. The molecule has 566 valence electrons. The minimum Gasteiger partial charge on any atom is -0.481 e. The number of likely N-dealkylation sites (N-methyl/N-ethyl adjacent to an activating group) is 8. The summed E-state index contributed by atoms with van der Waals surface area (Å²) in [5, 5.41) is 53.4. The number of hydrogen-bond donors (Lipinski definition) is 16. The Bertz CT molecular complexity index is 2370. The fourth-order valence-corrected chi connectivity index (χ4v) is 12.3. The van der Waals surface area contributed by atoms with Crippen LogP contribution >= 0.6 is 47.0 Å². The van der Waals surface area contributed by atoms with E-state index in [0.717, 1.165) is 34.8 Å². The molecule has 98 heavy (non-hydrogen) atoms. The zero-order valence-electron chi connectivity index (χ0n) is 58.7. The van der Waals surface area contributed by atoms with Crippen molar-refractivity contribution in [2.45, 2.75) is 104 Å². The number of nitrogens with zero attached hydrogens (tertiary/aromatic N) is 1. The quantitative estimate of drug-likeness (QED) is 0.0200. The number of carbonyl (C=O) groups is 14. The number of thioether (sulfide) groups is 4. The molecule has 0 aromatic heterocycles. The van der Waals surface area contributed by atoms with Gasteiger partial charge in [-0.15, -0.1) is 47.0 Å². The van der Waals surface area contributed by atoms with Crippen molar-refractivity contribution in [3.05, 3.63) is 0 Å². The number of methoxy groups -OCH3 is 4. The Balaban J connectivity index is -0.00000124. The summed E-state index contributed by atoms with van der Waals surface area (Å²) in [6.45, 7) is 4.73. The Morgan fingerprint density at radius 1 is 0.449 bits per heavy atom. The minimum absolute atomic E-state index is 0.0112. The Morgan fingerprint density at radius 2 is 0.816 bits per heavy atom. The van der Waals surface area contributed by atoms with Crippen LogP contribution in [0.25, 0.3) is 0 Å². The van der Waals surface area contributed by atoms with E-state index in [1.807, 2.05) is 0 Å². The monoisotopic (exact) mass is 1480 g/mol. The van der Waals surface area contributed by atoms with Crippen LogP contribution in [0.15, 0.2) is 0 Å². The first kappa shape index (κ1) is 96.0. The third kappa shape index (κ3) is 49.4. The van der Waals surface area contributed by atoms with Crippen molar-refractivity contribution < 1.29 is 96.3 Å². The number of hydrogen-bond acceptors (Lipinski definition) is 26. The van der Waals surface area contributed by atoms with Crippen LogP contribution in [0.4, 0.5) is 0 Å². The number of nitrogens with one attached hydrogen (secondary N) is 14. The lowest BCUT2D eigenvalue weighted by molar-refractivity contribution is -0.139. The molecule has 0 aromatic carbocycles. The van der Waals surface area contributed by atoms with Gasteiger partial charge < -0.3 is 104 Å². The molecular formula is C59H111N15O20S4. The highest BCUT2D eigenvalue weighted by molar-refractivity contribution is 8.01. The molecule has 0 spiro atoms. The van der Waals surface area contributed by atoms with Crippen molar-refractivity contribution in [1.82, 2.24) is 79.3 Å². The maximum atomic E-state index is 12.4. The molecule has 1 heterocycles. The van der Waals surface area contributed by atoms with Gasteiger partial charge in [-0.3, -0.25) is 72.0 Å². The summed E-state index contributed by atoms with van der Waals surface area (Å²) in [5.41, 5.74) is 0. The predicted octanol–water partition coefficient (Wildman–Crippen LogP) is -4.96. The standard InChI is InChI=1S/2C16H30N4O6S.C16H28N4O5S.C11H23N3O3S/c1-17-11(15(24)18-2)10-27-12(9-14(22)23)16(25)20-7-5-13(21)19-6-4-8-26-3;1-17-11(15(23)18-2)10-27-12(16(24)25)9-14(22)20-7-5-13(21)19-6-4-8-26-3;1-17-11(15(23)18-2)10-26-12-9-14(22)20(16(12)24)7-5-13(21)19-6-4-8-25-3;1-12-9(11(16)13-2)7-18-8-10(15)14-5-4-6-17-3/h11-12,17H,4-10H2,1-3H3,(H,18,24)(H,19,21)(H,20,25)(H,22,23);11-12,17H,4-10H2,1-3H3,(H,18,23)(H,19,21)(H,20,22)(H,24,25);11-12,17H,4-10H2,1-3H3,(H,18,23)(H,19,21);9,12H,4-8H2,1-3H3,(H,13,16)(H,14,15)/t3*11-,12?;9-/m0000/s1. The van der Waals surface area contributed by atoms with Crippen LogP contribution in [0.1, 0.15) is 64.2 Å². The number of carbonyl (C=O) groups excluding carboxylic acids is 12. The molecule has 35 nitrogen and oxygen atoms in total. The van der Waals surface area contributed by atoms with Crippen molar-refractivity contribution >= 4 is 130 Å². The van der Waals surface area contributed by atoms with Gasteiger partial charge in [0.25, 0.3) is 0 Å². The van der Waals surface area contributed by atoms with E-state index in [-0.39, 0.29) is 135 Å². The van der Waals surface area contributed by atoms with Crippen LogP contribution < -0.4 is 74.4 Å². The molecule has 1 rings (SSSR count). The van der Waals surface area contributed by atoms with Crippen LogP contribution in [0, 0.1) is 0 Å². The average Bonchev–Trinajstić information content (AvgIpc) is 1.69. The number of carboxylic acids is 2. The van der Waals surface area contributed by atoms with Crippen LogP contribution in [0.3, 0.4) is 0 Å². The van der Waals surface area contributed by atoms with Gasteiger partial charge in [-0.1, -0.05) is 0 Å². The van der Waals surface area contributed by atoms with Crippen molar-refractivity contribution in [2.24, 2.45) is 0 Å². The van der Waals surface area contributed by atoms with E-state index in [0.29, 0.717) is 89.1 Å². The number of carboxylic acid groups (broad SMARTS) is 2. The highest BCUT2D eigenvalue weighted by Crippen LogP contribution is 2.26.